The van der Waals surface area contributed by atoms with Gasteiger partial charge in [-0.05, 0) is 43.7 Å². The monoisotopic (exact) mass is 372 g/mol. The van der Waals surface area contributed by atoms with Crippen LogP contribution in [0.1, 0.15) is 11.1 Å². The molecule has 0 saturated carbocycles. The first-order valence-corrected chi connectivity index (χ1v) is 8.33. The quantitative estimate of drug-likeness (QED) is 0.808. The molecule has 3 N–H and O–H groups in total. The van der Waals surface area contributed by atoms with Crippen LogP contribution in [0, 0.1) is 19.7 Å². The maximum absolute atomic E-state index is 13.5. The van der Waals surface area contributed by atoms with Gasteiger partial charge in [0.05, 0.1) is 10.6 Å². The molecule has 0 radical (unpaired) electrons. The lowest BCUT2D eigenvalue weighted by Gasteiger charge is -2.14. The molecule has 7 heteroatoms. The number of hydrogen-bond donors (Lipinski definition) is 2. The summed E-state index contributed by atoms with van der Waals surface area (Å²) in [5.41, 5.74) is 7.03. The Bertz CT molecular complexity index is 807. The molecule has 0 atom stereocenters. The summed E-state index contributed by atoms with van der Waals surface area (Å²) in [6.45, 7) is 3.13. The third-order valence-electron chi connectivity index (χ3n) is 3.17. The third kappa shape index (κ3) is 3.19. The van der Waals surface area contributed by atoms with E-state index in [4.69, 9.17) is 5.73 Å². The molecule has 2 rings (SSSR count). The van der Waals surface area contributed by atoms with E-state index in [1.165, 1.54) is 31.2 Å². The molecule has 0 spiro atoms. The molecule has 21 heavy (non-hydrogen) atoms. The van der Waals surface area contributed by atoms with Gasteiger partial charge in [-0.1, -0.05) is 22.0 Å². The summed E-state index contributed by atoms with van der Waals surface area (Å²) < 4.78 is 41.4. The van der Waals surface area contributed by atoms with Gasteiger partial charge in [-0.3, -0.25) is 4.72 Å². The van der Waals surface area contributed by atoms with Crippen molar-refractivity contribution in [2.24, 2.45) is 0 Å². The lowest BCUT2D eigenvalue weighted by Crippen LogP contribution is -2.16. The van der Waals surface area contributed by atoms with Gasteiger partial charge in [0.1, 0.15) is 5.82 Å². The molecule has 2 aromatic carbocycles. The zero-order chi connectivity index (χ0) is 15.8. The Balaban J connectivity index is 2.51. The van der Waals surface area contributed by atoms with Crippen LogP contribution in [0.3, 0.4) is 0 Å². The van der Waals surface area contributed by atoms with Crippen LogP contribution in [0.15, 0.2) is 39.7 Å². The topological polar surface area (TPSA) is 72.2 Å². The smallest absolute Gasteiger partial charge is 0.262 e. The van der Waals surface area contributed by atoms with Crippen molar-refractivity contribution in [2.45, 2.75) is 18.7 Å². The zero-order valence-electron chi connectivity index (χ0n) is 11.4. The third-order valence-corrected chi connectivity index (χ3v) is 5.12. The van der Waals surface area contributed by atoms with E-state index >= 15 is 0 Å². The van der Waals surface area contributed by atoms with Gasteiger partial charge in [0.2, 0.25) is 0 Å². The Morgan fingerprint density at radius 3 is 2.52 bits per heavy atom. The van der Waals surface area contributed by atoms with Gasteiger partial charge in [-0.2, -0.15) is 0 Å². The lowest BCUT2D eigenvalue weighted by molar-refractivity contribution is 0.600. The molecule has 4 nitrogen and oxygen atoms in total. The lowest BCUT2D eigenvalue weighted by atomic mass is 10.2. The molecule has 0 amide bonds. The predicted molar refractivity (Wildman–Crippen MR) is 85.2 cm³/mol. The Hall–Kier alpha value is -1.60. The average molecular weight is 373 g/mol. The van der Waals surface area contributed by atoms with Crippen molar-refractivity contribution < 1.29 is 12.8 Å². The van der Waals surface area contributed by atoms with Crippen molar-refractivity contribution in [2.75, 3.05) is 10.5 Å². The summed E-state index contributed by atoms with van der Waals surface area (Å²) in [6, 6.07) is 7.31. The highest BCUT2D eigenvalue weighted by Gasteiger charge is 2.20. The normalized spacial score (nSPS) is 11.4. The molecule has 0 aliphatic rings. The van der Waals surface area contributed by atoms with Gasteiger partial charge in [0.15, 0.2) is 0 Å². The average Bonchev–Trinajstić information content (AvgIpc) is 2.39. The highest BCUT2D eigenvalue weighted by molar-refractivity contribution is 9.10. The van der Waals surface area contributed by atoms with Crippen molar-refractivity contribution >= 4 is 37.3 Å². The summed E-state index contributed by atoms with van der Waals surface area (Å²) in [5, 5.41) is 0. The zero-order valence-corrected chi connectivity index (χ0v) is 13.8. The van der Waals surface area contributed by atoms with E-state index in [0.29, 0.717) is 15.7 Å². The van der Waals surface area contributed by atoms with E-state index in [1.54, 1.807) is 13.0 Å². The van der Waals surface area contributed by atoms with Crippen LogP contribution >= 0.6 is 15.9 Å². The van der Waals surface area contributed by atoms with Crippen molar-refractivity contribution in [3.05, 3.63) is 51.7 Å². The Labute approximate surface area is 131 Å². The number of rotatable bonds is 3. The van der Waals surface area contributed by atoms with Gasteiger partial charge in [-0.25, -0.2) is 12.8 Å². The minimum absolute atomic E-state index is 0.0537. The minimum Gasteiger partial charge on any atom is -0.398 e. The number of sulfonamides is 1. The molecule has 0 bridgehead atoms. The van der Waals surface area contributed by atoms with Crippen molar-refractivity contribution in [1.82, 2.24) is 0 Å². The van der Waals surface area contributed by atoms with Crippen LogP contribution in [-0.4, -0.2) is 8.42 Å². The maximum Gasteiger partial charge on any atom is 0.262 e. The largest absolute Gasteiger partial charge is 0.398 e. The molecule has 112 valence electrons. The van der Waals surface area contributed by atoms with Gasteiger partial charge in [0, 0.05) is 15.7 Å². The number of halogens is 2. The Morgan fingerprint density at radius 2 is 1.86 bits per heavy atom. The van der Waals surface area contributed by atoms with E-state index in [-0.39, 0.29) is 16.1 Å². The summed E-state index contributed by atoms with van der Waals surface area (Å²) in [5.74, 6) is -0.472. The van der Waals surface area contributed by atoms with Crippen LogP contribution in [0.4, 0.5) is 15.8 Å². The number of benzene rings is 2. The van der Waals surface area contributed by atoms with Crippen molar-refractivity contribution in [3.63, 3.8) is 0 Å². The van der Waals surface area contributed by atoms with E-state index in [0.717, 1.165) is 0 Å². The fraction of sp³-hybridized carbons (Fsp3) is 0.143. The molecular formula is C14H14BrFN2O2S. The highest BCUT2D eigenvalue weighted by Crippen LogP contribution is 2.28. The fourth-order valence-electron chi connectivity index (χ4n) is 1.87. The summed E-state index contributed by atoms with van der Waals surface area (Å²) in [7, 11) is -3.85. The second kappa shape index (κ2) is 5.65. The summed E-state index contributed by atoms with van der Waals surface area (Å²) in [6.07, 6.45) is 0. The number of hydrogen-bond acceptors (Lipinski definition) is 3. The molecule has 0 unspecified atom stereocenters. The minimum atomic E-state index is -3.85. The van der Waals surface area contributed by atoms with Crippen LogP contribution in [0.5, 0.6) is 0 Å². The first kappa shape index (κ1) is 15.8. The first-order valence-electron chi connectivity index (χ1n) is 6.06. The van der Waals surface area contributed by atoms with Gasteiger partial charge in [-0.15, -0.1) is 0 Å². The first-order chi connectivity index (χ1) is 9.72. The molecule has 0 aliphatic heterocycles. The fourth-order valence-corrected chi connectivity index (χ4v) is 3.92. The van der Waals surface area contributed by atoms with Crippen LogP contribution in [0.2, 0.25) is 0 Å². The van der Waals surface area contributed by atoms with Crippen LogP contribution < -0.4 is 10.5 Å². The van der Waals surface area contributed by atoms with E-state index < -0.39 is 15.8 Å². The molecule has 2 aromatic rings. The van der Waals surface area contributed by atoms with Gasteiger partial charge in [0.25, 0.3) is 10.0 Å². The molecule has 0 fully saturated rings. The Kier molecular flexibility index (Phi) is 4.25. The number of anilines is 2. The van der Waals surface area contributed by atoms with Gasteiger partial charge < -0.3 is 5.73 Å². The van der Waals surface area contributed by atoms with Gasteiger partial charge >= 0.3 is 0 Å². The molecule has 0 aromatic heterocycles. The maximum atomic E-state index is 13.5. The van der Waals surface area contributed by atoms with E-state index in [1.807, 2.05) is 0 Å². The number of nitrogens with one attached hydrogen (secondary N) is 1. The molecule has 0 aliphatic carbocycles. The molecule has 0 heterocycles. The molecule has 0 saturated heterocycles. The Morgan fingerprint density at radius 1 is 1.19 bits per heavy atom. The van der Waals surface area contributed by atoms with Crippen molar-refractivity contribution in [3.8, 4) is 0 Å². The summed E-state index contributed by atoms with van der Waals surface area (Å²) in [4.78, 5) is 0.0537. The highest BCUT2D eigenvalue weighted by atomic mass is 79.9. The van der Waals surface area contributed by atoms with E-state index in [9.17, 15) is 12.8 Å². The predicted octanol–water partition coefficient (Wildman–Crippen LogP) is 3.59. The summed E-state index contributed by atoms with van der Waals surface area (Å²) >= 11 is 3.22. The number of nitrogens with two attached hydrogens (primary N) is 1. The van der Waals surface area contributed by atoms with Crippen LogP contribution in [-0.2, 0) is 10.0 Å². The van der Waals surface area contributed by atoms with Crippen LogP contribution in [0.25, 0.3) is 0 Å². The second-order valence-electron chi connectivity index (χ2n) is 4.64. The van der Waals surface area contributed by atoms with Crippen molar-refractivity contribution in [1.29, 1.82) is 0 Å². The standard InChI is InChI=1S/C14H14BrFN2O2S/c1-8-11(16)4-3-5-13(8)18-21(19,20)14-7-10(15)6-12(17)9(14)2/h3-7,18H,17H2,1-2H3. The van der Waals surface area contributed by atoms with E-state index in [2.05, 4.69) is 20.7 Å². The second-order valence-corrected chi connectivity index (χ2v) is 7.20. The molecular weight excluding hydrogens is 359 g/mol. The SMILES string of the molecule is Cc1c(F)cccc1NS(=O)(=O)c1cc(Br)cc(N)c1C. The number of nitrogen functional groups attached to an aromatic ring is 1.